The normalized spacial score (nSPS) is 24.7. The van der Waals surface area contributed by atoms with Gasteiger partial charge in [-0.15, -0.1) is 10.1 Å². The molecule has 0 spiro atoms. The summed E-state index contributed by atoms with van der Waals surface area (Å²) >= 11 is 0. The van der Waals surface area contributed by atoms with E-state index in [9.17, 15) is 14.9 Å². The van der Waals surface area contributed by atoms with Gasteiger partial charge in [0.25, 0.3) is 5.09 Å². The molecule has 1 fully saturated rings. The minimum Gasteiger partial charge on any atom is -0.485 e. The molecule has 0 unspecified atom stereocenters. The number of carbonyl (C=O) groups excluding carboxylic acids is 1. The van der Waals surface area contributed by atoms with E-state index < -0.39 is 22.8 Å². The number of amides is 1. The van der Waals surface area contributed by atoms with Crippen LogP contribution in [0, 0.1) is 21.4 Å². The third-order valence-corrected chi connectivity index (χ3v) is 4.45. The number of likely N-dealkylation sites (tertiary alicyclic amines) is 1. The molecular weight excluding hydrogens is 314 g/mol. The van der Waals surface area contributed by atoms with Gasteiger partial charge in [0.05, 0.1) is 17.7 Å². The lowest BCUT2D eigenvalue weighted by Gasteiger charge is -2.46. The molecule has 2 atom stereocenters. The molecule has 2 aliphatic heterocycles. The quantitative estimate of drug-likeness (QED) is 0.619. The molecule has 2 heterocycles. The molecule has 0 saturated carbocycles. The van der Waals surface area contributed by atoms with Crippen molar-refractivity contribution >= 4 is 5.91 Å². The maximum Gasteiger partial charge on any atom is 0.295 e. The van der Waals surface area contributed by atoms with E-state index in [2.05, 4.69) is 0 Å². The number of benzene rings is 1. The number of rotatable bonds is 3. The summed E-state index contributed by atoms with van der Waals surface area (Å²) in [5.41, 5.74) is -0.0501. The summed E-state index contributed by atoms with van der Waals surface area (Å²) in [7, 11) is 0. The van der Waals surface area contributed by atoms with Crippen molar-refractivity contribution in [2.75, 3.05) is 6.54 Å². The highest BCUT2D eigenvalue weighted by Gasteiger charge is 2.50. The first-order chi connectivity index (χ1) is 11.3. The SMILES string of the molecule is CC1(C)Oc2ccc(C#N)cc2[C@H](N2CCCC2=O)[C@H]1O[N+](=O)[O-]. The minimum atomic E-state index is -1.01. The Morgan fingerprint density at radius 3 is 2.83 bits per heavy atom. The second-order valence-electron chi connectivity index (χ2n) is 6.46. The fraction of sp³-hybridized carbons (Fsp3) is 0.500. The van der Waals surface area contributed by atoms with Crippen molar-refractivity contribution in [2.24, 2.45) is 0 Å². The lowest BCUT2D eigenvalue weighted by molar-refractivity contribution is -0.774. The van der Waals surface area contributed by atoms with Crippen molar-refractivity contribution in [3.8, 4) is 11.8 Å². The van der Waals surface area contributed by atoms with E-state index in [-0.39, 0.29) is 5.91 Å². The number of carbonyl (C=O) groups is 1. The van der Waals surface area contributed by atoms with Gasteiger partial charge in [-0.2, -0.15) is 5.26 Å². The molecule has 126 valence electrons. The van der Waals surface area contributed by atoms with Crippen LogP contribution in [0.25, 0.3) is 0 Å². The highest BCUT2D eigenvalue weighted by molar-refractivity contribution is 5.79. The van der Waals surface area contributed by atoms with E-state index in [1.807, 2.05) is 6.07 Å². The summed E-state index contributed by atoms with van der Waals surface area (Å²) in [4.78, 5) is 29.8. The largest absolute Gasteiger partial charge is 0.485 e. The molecule has 24 heavy (non-hydrogen) atoms. The topological polar surface area (TPSA) is 106 Å². The van der Waals surface area contributed by atoms with Crippen LogP contribution in [0.15, 0.2) is 18.2 Å². The summed E-state index contributed by atoms with van der Waals surface area (Å²) in [5, 5.41) is 19.3. The van der Waals surface area contributed by atoms with Crippen LogP contribution in [0.3, 0.4) is 0 Å². The first-order valence-electron chi connectivity index (χ1n) is 7.67. The highest BCUT2D eigenvalue weighted by Crippen LogP contribution is 2.45. The van der Waals surface area contributed by atoms with E-state index in [4.69, 9.17) is 14.8 Å². The van der Waals surface area contributed by atoms with E-state index in [0.717, 1.165) is 0 Å². The van der Waals surface area contributed by atoms with Crippen LogP contribution in [-0.4, -0.2) is 34.1 Å². The third-order valence-electron chi connectivity index (χ3n) is 4.45. The maximum atomic E-state index is 12.3. The first-order valence-corrected chi connectivity index (χ1v) is 7.67. The molecule has 0 N–H and O–H groups in total. The van der Waals surface area contributed by atoms with Crippen molar-refractivity contribution in [1.82, 2.24) is 4.90 Å². The second-order valence-corrected chi connectivity index (χ2v) is 6.46. The molecular formula is C16H17N3O5. The van der Waals surface area contributed by atoms with Crippen LogP contribution in [-0.2, 0) is 9.63 Å². The van der Waals surface area contributed by atoms with E-state index in [1.54, 1.807) is 36.9 Å². The summed E-state index contributed by atoms with van der Waals surface area (Å²) in [6.07, 6.45) is 0.0988. The Labute approximate surface area is 138 Å². The highest BCUT2D eigenvalue weighted by atomic mass is 17.0. The van der Waals surface area contributed by atoms with Crippen LogP contribution in [0.5, 0.6) is 5.75 Å². The first kappa shape index (κ1) is 16.1. The summed E-state index contributed by atoms with van der Waals surface area (Å²) in [6, 6.07) is 6.26. The smallest absolute Gasteiger partial charge is 0.295 e. The Morgan fingerprint density at radius 2 is 2.25 bits per heavy atom. The number of hydrogen-bond acceptors (Lipinski definition) is 6. The Morgan fingerprint density at radius 1 is 1.50 bits per heavy atom. The van der Waals surface area contributed by atoms with Crippen LogP contribution in [0.1, 0.15) is 43.9 Å². The lowest BCUT2D eigenvalue weighted by atomic mass is 9.85. The molecule has 0 aromatic heterocycles. The molecule has 0 bridgehead atoms. The van der Waals surface area contributed by atoms with Crippen molar-refractivity contribution in [3.05, 3.63) is 39.4 Å². The van der Waals surface area contributed by atoms with Crippen LogP contribution in [0.4, 0.5) is 0 Å². The zero-order valence-corrected chi connectivity index (χ0v) is 13.4. The molecule has 3 rings (SSSR count). The van der Waals surface area contributed by atoms with Gasteiger partial charge < -0.3 is 14.5 Å². The van der Waals surface area contributed by atoms with E-state index >= 15 is 0 Å². The third kappa shape index (κ3) is 2.62. The molecule has 1 aromatic rings. The van der Waals surface area contributed by atoms with Crippen LogP contribution in [0.2, 0.25) is 0 Å². The number of nitriles is 1. The van der Waals surface area contributed by atoms with Gasteiger partial charge in [0, 0.05) is 18.5 Å². The minimum absolute atomic E-state index is 0.0806. The van der Waals surface area contributed by atoms with Crippen molar-refractivity contribution in [3.63, 3.8) is 0 Å². The average molecular weight is 331 g/mol. The number of ether oxygens (including phenoxy) is 1. The molecule has 8 nitrogen and oxygen atoms in total. The Kier molecular flexibility index (Phi) is 3.79. The Hall–Kier alpha value is -2.82. The standard InChI is InChI=1S/C16H17N3O5/c1-16(2)15(24-19(21)22)14(18-7-3-4-13(18)20)11-8-10(9-17)5-6-12(11)23-16/h5-6,8,14-15H,3-4,7H2,1-2H3/t14-,15+/m0/s1. The van der Waals surface area contributed by atoms with Crippen LogP contribution < -0.4 is 4.74 Å². The van der Waals surface area contributed by atoms with Gasteiger partial charge >= 0.3 is 0 Å². The van der Waals surface area contributed by atoms with Gasteiger partial charge in [-0.3, -0.25) is 4.79 Å². The zero-order chi connectivity index (χ0) is 17.5. The van der Waals surface area contributed by atoms with E-state index in [1.165, 1.54) is 0 Å². The summed E-state index contributed by atoms with van der Waals surface area (Å²) in [6.45, 7) is 3.87. The number of hydrogen-bond donors (Lipinski definition) is 0. The predicted octanol–water partition coefficient (Wildman–Crippen LogP) is 1.97. The van der Waals surface area contributed by atoms with Gasteiger partial charge in [-0.25, -0.2) is 0 Å². The van der Waals surface area contributed by atoms with Crippen molar-refractivity contribution in [2.45, 2.75) is 44.4 Å². The fourth-order valence-electron chi connectivity index (χ4n) is 3.40. The monoisotopic (exact) mass is 331 g/mol. The summed E-state index contributed by atoms with van der Waals surface area (Å²) < 4.78 is 5.88. The van der Waals surface area contributed by atoms with E-state index in [0.29, 0.717) is 36.3 Å². The molecule has 0 aliphatic carbocycles. The van der Waals surface area contributed by atoms with Crippen molar-refractivity contribution < 1.29 is 19.5 Å². The number of fused-ring (bicyclic) bond motifs is 1. The molecule has 1 amide bonds. The maximum absolute atomic E-state index is 12.3. The lowest BCUT2D eigenvalue weighted by Crippen LogP contribution is -2.55. The van der Waals surface area contributed by atoms with Crippen LogP contribution >= 0.6 is 0 Å². The molecule has 8 heteroatoms. The van der Waals surface area contributed by atoms with Gasteiger partial charge in [0.1, 0.15) is 11.4 Å². The average Bonchev–Trinajstić information content (AvgIpc) is 2.93. The summed E-state index contributed by atoms with van der Waals surface area (Å²) in [5.74, 6) is 0.426. The fourth-order valence-corrected chi connectivity index (χ4v) is 3.40. The second kappa shape index (κ2) is 5.67. The van der Waals surface area contributed by atoms with Gasteiger partial charge in [0.2, 0.25) is 5.91 Å². The van der Waals surface area contributed by atoms with Gasteiger partial charge in [-0.1, -0.05) is 0 Å². The predicted molar refractivity (Wildman–Crippen MR) is 81.4 cm³/mol. The Bertz CT molecular complexity index is 740. The molecule has 1 saturated heterocycles. The zero-order valence-electron chi connectivity index (χ0n) is 13.4. The molecule has 0 radical (unpaired) electrons. The molecule has 1 aromatic carbocycles. The van der Waals surface area contributed by atoms with Gasteiger partial charge in [0.15, 0.2) is 6.10 Å². The van der Waals surface area contributed by atoms with Crippen molar-refractivity contribution in [1.29, 1.82) is 5.26 Å². The number of nitrogens with zero attached hydrogens (tertiary/aromatic N) is 3. The Balaban J connectivity index is 2.15. The molecule has 2 aliphatic rings. The van der Waals surface area contributed by atoms with Gasteiger partial charge in [-0.05, 0) is 38.5 Å².